The fourth-order valence-corrected chi connectivity index (χ4v) is 3.70. The van der Waals surface area contributed by atoms with Crippen molar-refractivity contribution in [2.24, 2.45) is 0 Å². The number of carbonyl (C=O) groups excluding carboxylic acids is 2. The maximum atomic E-state index is 12.9. The molecule has 1 aromatic heterocycles. The Morgan fingerprint density at radius 2 is 1.72 bits per heavy atom. The molecule has 0 saturated heterocycles. The van der Waals surface area contributed by atoms with Crippen LogP contribution >= 0.6 is 11.3 Å². The molecule has 0 aliphatic carbocycles. The SMILES string of the molecule is COc1ccc(-c2nc(C)c(C(=O)Nc3cc(NC(C)=O)ccc3OC)s2)cc1. The van der Waals surface area contributed by atoms with Crippen molar-refractivity contribution in [1.82, 2.24) is 4.98 Å². The third-order valence-corrected chi connectivity index (χ3v) is 5.31. The van der Waals surface area contributed by atoms with Crippen LogP contribution in [0.25, 0.3) is 10.6 Å². The molecule has 7 nitrogen and oxygen atoms in total. The lowest BCUT2D eigenvalue weighted by atomic mass is 10.2. The lowest BCUT2D eigenvalue weighted by molar-refractivity contribution is -0.114. The predicted molar refractivity (Wildman–Crippen MR) is 114 cm³/mol. The van der Waals surface area contributed by atoms with Gasteiger partial charge in [0.15, 0.2) is 0 Å². The summed E-state index contributed by atoms with van der Waals surface area (Å²) < 4.78 is 10.5. The van der Waals surface area contributed by atoms with Crippen molar-refractivity contribution in [2.45, 2.75) is 13.8 Å². The second-order valence-corrected chi connectivity index (χ2v) is 7.21. The van der Waals surface area contributed by atoms with E-state index in [9.17, 15) is 9.59 Å². The first kappa shape index (κ1) is 20.3. The smallest absolute Gasteiger partial charge is 0.267 e. The minimum absolute atomic E-state index is 0.199. The van der Waals surface area contributed by atoms with E-state index in [-0.39, 0.29) is 11.8 Å². The van der Waals surface area contributed by atoms with Crippen LogP contribution in [-0.2, 0) is 4.79 Å². The summed E-state index contributed by atoms with van der Waals surface area (Å²) in [6.07, 6.45) is 0. The summed E-state index contributed by atoms with van der Waals surface area (Å²) in [4.78, 5) is 29.2. The number of carbonyl (C=O) groups is 2. The van der Waals surface area contributed by atoms with E-state index in [1.165, 1.54) is 25.4 Å². The third-order valence-electron chi connectivity index (χ3n) is 4.11. The van der Waals surface area contributed by atoms with Crippen LogP contribution in [0.5, 0.6) is 11.5 Å². The van der Waals surface area contributed by atoms with Gasteiger partial charge in [-0.15, -0.1) is 11.3 Å². The Balaban J connectivity index is 1.85. The highest BCUT2D eigenvalue weighted by atomic mass is 32.1. The maximum Gasteiger partial charge on any atom is 0.267 e. The summed E-state index contributed by atoms with van der Waals surface area (Å²) in [6.45, 7) is 3.22. The van der Waals surface area contributed by atoms with Gasteiger partial charge in [-0.05, 0) is 49.4 Å². The van der Waals surface area contributed by atoms with Crippen LogP contribution < -0.4 is 20.1 Å². The second kappa shape index (κ2) is 8.74. The quantitative estimate of drug-likeness (QED) is 0.630. The van der Waals surface area contributed by atoms with Crippen molar-refractivity contribution in [3.8, 4) is 22.1 Å². The van der Waals surface area contributed by atoms with Gasteiger partial charge in [0.05, 0.1) is 25.6 Å². The first-order valence-corrected chi connectivity index (χ1v) is 9.61. The lowest BCUT2D eigenvalue weighted by Gasteiger charge is -2.12. The molecule has 29 heavy (non-hydrogen) atoms. The Morgan fingerprint density at radius 3 is 2.34 bits per heavy atom. The molecule has 0 unspecified atom stereocenters. The number of thiazole rings is 1. The van der Waals surface area contributed by atoms with Crippen molar-refractivity contribution in [3.05, 3.63) is 53.0 Å². The first-order valence-electron chi connectivity index (χ1n) is 8.80. The van der Waals surface area contributed by atoms with E-state index in [4.69, 9.17) is 9.47 Å². The highest BCUT2D eigenvalue weighted by Crippen LogP contribution is 2.32. The normalized spacial score (nSPS) is 10.3. The summed E-state index contributed by atoms with van der Waals surface area (Å²) in [5.41, 5.74) is 2.56. The molecule has 0 radical (unpaired) electrons. The van der Waals surface area contributed by atoms with Crippen LogP contribution in [0.3, 0.4) is 0 Å². The lowest BCUT2D eigenvalue weighted by Crippen LogP contribution is -2.13. The fourth-order valence-electron chi connectivity index (χ4n) is 2.73. The molecule has 2 amide bonds. The summed E-state index contributed by atoms with van der Waals surface area (Å²) in [6, 6.07) is 12.5. The summed E-state index contributed by atoms with van der Waals surface area (Å²) in [5.74, 6) is 0.754. The van der Waals surface area contributed by atoms with E-state index in [0.717, 1.165) is 16.3 Å². The monoisotopic (exact) mass is 411 g/mol. The zero-order valence-electron chi connectivity index (χ0n) is 16.5. The van der Waals surface area contributed by atoms with Crippen molar-refractivity contribution >= 4 is 34.5 Å². The second-order valence-electron chi connectivity index (χ2n) is 6.21. The highest BCUT2D eigenvalue weighted by Gasteiger charge is 2.18. The number of aryl methyl sites for hydroxylation is 1. The third kappa shape index (κ3) is 4.72. The zero-order chi connectivity index (χ0) is 21.0. The molecule has 3 aromatic rings. The predicted octanol–water partition coefficient (Wildman–Crippen LogP) is 4.35. The van der Waals surface area contributed by atoms with Gasteiger partial charge >= 0.3 is 0 Å². The average Bonchev–Trinajstić information content (AvgIpc) is 3.09. The number of nitrogens with zero attached hydrogens (tertiary/aromatic N) is 1. The zero-order valence-corrected chi connectivity index (χ0v) is 17.3. The average molecular weight is 411 g/mol. The van der Waals surface area contributed by atoms with Crippen molar-refractivity contribution in [2.75, 3.05) is 24.9 Å². The minimum atomic E-state index is -0.293. The van der Waals surface area contributed by atoms with Gasteiger partial charge in [-0.25, -0.2) is 4.98 Å². The van der Waals surface area contributed by atoms with Gasteiger partial charge in [-0.1, -0.05) is 0 Å². The molecule has 3 rings (SSSR count). The van der Waals surface area contributed by atoms with Crippen LogP contribution in [0.4, 0.5) is 11.4 Å². The Bertz CT molecular complexity index is 1040. The summed E-state index contributed by atoms with van der Waals surface area (Å²) in [5, 5.41) is 6.29. The molecule has 0 aliphatic heterocycles. The Labute approximate surface area is 172 Å². The molecular formula is C21H21N3O4S. The minimum Gasteiger partial charge on any atom is -0.497 e. The Kier molecular flexibility index (Phi) is 6.13. The van der Waals surface area contributed by atoms with Crippen LogP contribution in [0, 0.1) is 6.92 Å². The molecule has 0 fully saturated rings. The van der Waals surface area contributed by atoms with Crippen LogP contribution in [-0.4, -0.2) is 31.0 Å². The summed E-state index contributed by atoms with van der Waals surface area (Å²) >= 11 is 1.31. The molecule has 0 spiro atoms. The van der Waals surface area contributed by atoms with Crippen LogP contribution in [0.2, 0.25) is 0 Å². The number of anilines is 2. The van der Waals surface area contributed by atoms with Crippen molar-refractivity contribution in [3.63, 3.8) is 0 Å². The van der Waals surface area contributed by atoms with Gasteiger partial charge in [0, 0.05) is 18.2 Å². The highest BCUT2D eigenvalue weighted by molar-refractivity contribution is 7.17. The largest absolute Gasteiger partial charge is 0.497 e. The molecule has 0 atom stereocenters. The maximum absolute atomic E-state index is 12.9. The summed E-state index contributed by atoms with van der Waals surface area (Å²) in [7, 11) is 3.13. The van der Waals surface area contributed by atoms with E-state index < -0.39 is 0 Å². The molecule has 1 heterocycles. The number of aromatic nitrogens is 1. The number of amides is 2. The van der Waals surface area contributed by atoms with Crippen LogP contribution in [0.15, 0.2) is 42.5 Å². The molecule has 150 valence electrons. The van der Waals surface area contributed by atoms with Gasteiger partial charge in [0.25, 0.3) is 5.91 Å². The number of hydrogen-bond donors (Lipinski definition) is 2. The molecule has 0 saturated carbocycles. The van der Waals surface area contributed by atoms with E-state index in [2.05, 4.69) is 15.6 Å². The van der Waals surface area contributed by atoms with Gasteiger partial charge in [-0.3, -0.25) is 9.59 Å². The van der Waals surface area contributed by atoms with E-state index >= 15 is 0 Å². The number of methoxy groups -OCH3 is 2. The van der Waals surface area contributed by atoms with E-state index in [0.29, 0.717) is 27.7 Å². The number of ether oxygens (including phenoxy) is 2. The number of nitrogens with one attached hydrogen (secondary N) is 2. The Hall–Kier alpha value is -3.39. The molecule has 8 heteroatoms. The van der Waals surface area contributed by atoms with Crippen LogP contribution in [0.1, 0.15) is 22.3 Å². The van der Waals surface area contributed by atoms with Gasteiger partial charge < -0.3 is 20.1 Å². The number of rotatable bonds is 6. The van der Waals surface area contributed by atoms with E-state index in [1.807, 2.05) is 24.3 Å². The molecule has 2 aromatic carbocycles. The van der Waals surface area contributed by atoms with Gasteiger partial charge in [-0.2, -0.15) is 0 Å². The fraction of sp³-hybridized carbons (Fsp3) is 0.190. The van der Waals surface area contributed by atoms with Gasteiger partial charge in [0.2, 0.25) is 5.91 Å². The first-order chi connectivity index (χ1) is 13.9. The van der Waals surface area contributed by atoms with Crippen molar-refractivity contribution in [1.29, 1.82) is 0 Å². The molecule has 2 N–H and O–H groups in total. The molecule has 0 aliphatic rings. The van der Waals surface area contributed by atoms with E-state index in [1.54, 1.807) is 32.2 Å². The molecule has 0 bridgehead atoms. The van der Waals surface area contributed by atoms with Gasteiger partial charge in [0.1, 0.15) is 21.4 Å². The molecular weight excluding hydrogens is 390 g/mol. The number of hydrogen-bond acceptors (Lipinski definition) is 6. The standard InChI is InChI=1S/C21H21N3O4S/c1-12-19(29-21(22-12)14-5-8-16(27-3)9-6-14)20(26)24-17-11-15(23-13(2)25)7-10-18(17)28-4/h5-11H,1-4H3,(H,23,25)(H,24,26). The topological polar surface area (TPSA) is 89.5 Å². The number of benzene rings is 2. The Morgan fingerprint density at radius 1 is 1.00 bits per heavy atom. The van der Waals surface area contributed by atoms with Crippen molar-refractivity contribution < 1.29 is 19.1 Å².